The average molecular weight is 356 g/mol. The molecule has 0 amide bonds. The number of anilines is 1. The van der Waals surface area contributed by atoms with E-state index in [4.69, 9.17) is 4.74 Å². The Bertz CT molecular complexity index is 937. The lowest BCUT2D eigenvalue weighted by Gasteiger charge is -2.36. The average Bonchev–Trinajstić information content (AvgIpc) is 3.07. The Hall–Kier alpha value is -2.25. The molecule has 1 saturated heterocycles. The minimum absolute atomic E-state index is 0.00662. The molecule has 7 heteroatoms. The lowest BCUT2D eigenvalue weighted by atomic mass is 10.1. The molecule has 0 aliphatic carbocycles. The van der Waals surface area contributed by atoms with Crippen LogP contribution in [-0.2, 0) is 11.2 Å². The number of morpholine rings is 1. The van der Waals surface area contributed by atoms with E-state index in [0.717, 1.165) is 29.4 Å². The molecule has 2 unspecified atom stereocenters. The number of aryl methyl sites for hydroxylation is 1. The summed E-state index contributed by atoms with van der Waals surface area (Å²) in [4.78, 5) is 19.6. The molecule has 1 fully saturated rings. The summed E-state index contributed by atoms with van der Waals surface area (Å²) < 4.78 is 7.51. The molecule has 1 aromatic carbocycles. The van der Waals surface area contributed by atoms with Crippen LogP contribution in [0.4, 0.5) is 5.13 Å². The molecule has 0 bridgehead atoms. The third-order valence-electron chi connectivity index (χ3n) is 4.35. The molecule has 0 saturated carbocycles. The van der Waals surface area contributed by atoms with E-state index >= 15 is 0 Å². The summed E-state index contributed by atoms with van der Waals surface area (Å²) in [7, 11) is 0. The number of fused-ring (bicyclic) bond motifs is 1. The Morgan fingerprint density at radius 3 is 2.84 bits per heavy atom. The van der Waals surface area contributed by atoms with Crippen LogP contribution in [0.2, 0.25) is 0 Å². The number of hydrogen-bond acceptors (Lipinski definition) is 6. The van der Waals surface area contributed by atoms with E-state index < -0.39 is 0 Å². The van der Waals surface area contributed by atoms with Crippen molar-refractivity contribution >= 4 is 21.4 Å². The molecule has 6 nitrogen and oxygen atoms in total. The van der Waals surface area contributed by atoms with Gasteiger partial charge in [-0.15, -0.1) is 5.10 Å². The molecule has 0 radical (unpaired) electrons. The number of benzene rings is 1. The van der Waals surface area contributed by atoms with Gasteiger partial charge in [-0.1, -0.05) is 48.6 Å². The fourth-order valence-electron chi connectivity index (χ4n) is 3.11. The van der Waals surface area contributed by atoms with Gasteiger partial charge >= 0.3 is 0 Å². The number of aromatic nitrogens is 3. The maximum absolute atomic E-state index is 12.2. The summed E-state index contributed by atoms with van der Waals surface area (Å²) in [6.07, 6.45) is 0.818. The van der Waals surface area contributed by atoms with Gasteiger partial charge in [0.1, 0.15) is 6.10 Å². The van der Waals surface area contributed by atoms with E-state index in [1.165, 1.54) is 15.9 Å². The van der Waals surface area contributed by atoms with Gasteiger partial charge in [0.15, 0.2) is 0 Å². The number of hydrogen-bond donors (Lipinski definition) is 0. The normalized spacial score (nSPS) is 21.0. The van der Waals surface area contributed by atoms with Crippen molar-refractivity contribution in [3.8, 4) is 0 Å². The zero-order valence-electron chi connectivity index (χ0n) is 14.3. The highest BCUT2D eigenvalue weighted by atomic mass is 32.1. The van der Waals surface area contributed by atoms with E-state index in [9.17, 15) is 4.79 Å². The van der Waals surface area contributed by atoms with E-state index in [2.05, 4.69) is 34.0 Å². The summed E-state index contributed by atoms with van der Waals surface area (Å²) in [5.74, 6) is 0. The van der Waals surface area contributed by atoms with Gasteiger partial charge in [0.2, 0.25) is 10.1 Å². The third kappa shape index (κ3) is 3.17. The topological polar surface area (TPSA) is 59.7 Å². The number of rotatable bonds is 3. The van der Waals surface area contributed by atoms with Gasteiger partial charge < -0.3 is 9.64 Å². The second-order valence-electron chi connectivity index (χ2n) is 6.27. The Labute approximate surface area is 149 Å². The molecule has 25 heavy (non-hydrogen) atoms. The van der Waals surface area contributed by atoms with Gasteiger partial charge in [0.05, 0.1) is 12.6 Å². The molecular weight excluding hydrogens is 336 g/mol. The first-order chi connectivity index (χ1) is 12.1. The Morgan fingerprint density at radius 2 is 2.08 bits per heavy atom. The molecule has 0 N–H and O–H groups in total. The third-order valence-corrected chi connectivity index (χ3v) is 5.32. The molecule has 0 spiro atoms. The van der Waals surface area contributed by atoms with Crippen molar-refractivity contribution in [1.82, 2.24) is 14.6 Å². The predicted molar refractivity (Wildman–Crippen MR) is 98.5 cm³/mol. The molecule has 3 heterocycles. The van der Waals surface area contributed by atoms with Crippen molar-refractivity contribution in [3.63, 3.8) is 0 Å². The monoisotopic (exact) mass is 356 g/mol. The first kappa shape index (κ1) is 16.2. The van der Waals surface area contributed by atoms with Crippen LogP contribution in [0.3, 0.4) is 0 Å². The van der Waals surface area contributed by atoms with Crippen LogP contribution in [-0.4, -0.2) is 33.8 Å². The first-order valence-electron chi connectivity index (χ1n) is 8.49. The minimum atomic E-state index is -0.120. The largest absolute Gasteiger partial charge is 0.367 e. The zero-order chi connectivity index (χ0) is 17.4. The minimum Gasteiger partial charge on any atom is -0.367 e. The van der Waals surface area contributed by atoms with E-state index in [0.29, 0.717) is 11.5 Å². The SMILES string of the molecule is CCc1cc(=O)n2nc(N3CC(C)OC(c4ccccc4)C3)sc2n1. The molecular formula is C18H20N4O2S. The van der Waals surface area contributed by atoms with Gasteiger partial charge in [-0.3, -0.25) is 4.79 Å². The summed E-state index contributed by atoms with van der Waals surface area (Å²) >= 11 is 1.46. The Kier molecular flexibility index (Phi) is 4.27. The lowest BCUT2D eigenvalue weighted by molar-refractivity contribution is -0.0174. The molecule has 1 aliphatic rings. The van der Waals surface area contributed by atoms with Crippen LogP contribution < -0.4 is 10.5 Å². The first-order valence-corrected chi connectivity index (χ1v) is 9.31. The fraction of sp³-hybridized carbons (Fsp3) is 0.389. The standard InChI is InChI=1S/C18H20N4O2S/c1-3-14-9-16(23)22-17(19-14)25-18(20-22)21-10-12(2)24-15(11-21)13-7-5-4-6-8-13/h4-9,12,15H,3,10-11H2,1-2H3. The highest BCUT2D eigenvalue weighted by molar-refractivity contribution is 7.20. The second kappa shape index (κ2) is 6.57. The molecule has 3 aromatic rings. The van der Waals surface area contributed by atoms with Gasteiger partial charge in [0, 0.05) is 18.3 Å². The number of ether oxygens (including phenoxy) is 1. The van der Waals surface area contributed by atoms with Crippen molar-refractivity contribution in [1.29, 1.82) is 0 Å². The van der Waals surface area contributed by atoms with Gasteiger partial charge in [-0.05, 0) is 18.9 Å². The molecule has 4 rings (SSSR count). The lowest BCUT2D eigenvalue weighted by Crippen LogP contribution is -2.43. The summed E-state index contributed by atoms with van der Waals surface area (Å²) in [5, 5.41) is 5.32. The van der Waals surface area contributed by atoms with Crippen molar-refractivity contribution in [2.45, 2.75) is 32.5 Å². The van der Waals surface area contributed by atoms with Gasteiger partial charge in [-0.2, -0.15) is 4.52 Å². The quantitative estimate of drug-likeness (QED) is 0.722. The molecule has 2 aromatic heterocycles. The summed E-state index contributed by atoms with van der Waals surface area (Å²) in [6.45, 7) is 5.52. The van der Waals surface area contributed by atoms with Crippen molar-refractivity contribution < 1.29 is 4.74 Å². The van der Waals surface area contributed by atoms with Crippen molar-refractivity contribution in [2.24, 2.45) is 0 Å². The van der Waals surface area contributed by atoms with Gasteiger partial charge in [-0.25, -0.2) is 4.98 Å². The van der Waals surface area contributed by atoms with Crippen LogP contribution in [0.15, 0.2) is 41.2 Å². The Morgan fingerprint density at radius 1 is 1.28 bits per heavy atom. The highest BCUT2D eigenvalue weighted by Crippen LogP contribution is 2.30. The maximum Gasteiger partial charge on any atom is 0.275 e. The van der Waals surface area contributed by atoms with E-state index in [1.807, 2.05) is 25.1 Å². The van der Waals surface area contributed by atoms with Crippen LogP contribution in [0.1, 0.15) is 31.2 Å². The van der Waals surface area contributed by atoms with Crippen LogP contribution >= 0.6 is 11.3 Å². The molecule has 1 aliphatic heterocycles. The second-order valence-corrected chi connectivity index (χ2v) is 7.20. The Balaban J connectivity index is 1.67. The fourth-order valence-corrected chi connectivity index (χ4v) is 4.06. The van der Waals surface area contributed by atoms with Crippen LogP contribution in [0.25, 0.3) is 4.96 Å². The molecule has 2 atom stereocenters. The number of nitrogens with zero attached hydrogens (tertiary/aromatic N) is 4. The van der Waals surface area contributed by atoms with Crippen molar-refractivity contribution in [3.05, 3.63) is 58.0 Å². The smallest absolute Gasteiger partial charge is 0.275 e. The van der Waals surface area contributed by atoms with Gasteiger partial charge in [0.25, 0.3) is 5.56 Å². The van der Waals surface area contributed by atoms with Crippen molar-refractivity contribution in [2.75, 3.05) is 18.0 Å². The van der Waals surface area contributed by atoms with Crippen LogP contribution in [0.5, 0.6) is 0 Å². The van der Waals surface area contributed by atoms with Crippen LogP contribution in [0, 0.1) is 0 Å². The maximum atomic E-state index is 12.2. The summed E-state index contributed by atoms with van der Waals surface area (Å²) in [6, 6.07) is 11.8. The zero-order valence-corrected chi connectivity index (χ0v) is 15.1. The molecule has 130 valence electrons. The van der Waals surface area contributed by atoms with E-state index in [1.54, 1.807) is 6.07 Å². The highest BCUT2D eigenvalue weighted by Gasteiger charge is 2.28. The van der Waals surface area contributed by atoms with E-state index in [-0.39, 0.29) is 17.8 Å². The predicted octanol–water partition coefficient (Wildman–Crippen LogP) is 2.68. The summed E-state index contributed by atoms with van der Waals surface area (Å²) in [5.41, 5.74) is 1.84.